The minimum atomic E-state index is -4.53. The van der Waals surface area contributed by atoms with Gasteiger partial charge in [0.2, 0.25) is 5.91 Å². The van der Waals surface area contributed by atoms with E-state index in [1.54, 1.807) is 18.2 Å². The van der Waals surface area contributed by atoms with Gasteiger partial charge < -0.3 is 9.73 Å². The number of amides is 2. The number of thiocarbonyl (C=S) groups is 1. The smallest absolute Gasteiger partial charge is 0.418 e. The molecule has 2 heterocycles. The third-order valence-corrected chi connectivity index (χ3v) is 5.86. The van der Waals surface area contributed by atoms with Crippen LogP contribution in [0.4, 0.5) is 18.9 Å². The number of hydrogen-bond acceptors (Lipinski definition) is 5. The van der Waals surface area contributed by atoms with E-state index in [2.05, 4.69) is 5.32 Å². The second-order valence-corrected chi connectivity index (χ2v) is 8.43. The summed E-state index contributed by atoms with van der Waals surface area (Å²) in [6.07, 6.45) is 0.440. The molecule has 1 fully saturated rings. The summed E-state index contributed by atoms with van der Waals surface area (Å²) < 4.78 is 44.6. The van der Waals surface area contributed by atoms with Crippen molar-refractivity contribution in [2.24, 2.45) is 0 Å². The van der Waals surface area contributed by atoms with Gasteiger partial charge in [0.15, 0.2) is 0 Å². The van der Waals surface area contributed by atoms with E-state index < -0.39 is 17.6 Å². The molecule has 0 atom stereocenters. The lowest BCUT2D eigenvalue weighted by Crippen LogP contribution is -2.29. The molecule has 0 bridgehead atoms. The van der Waals surface area contributed by atoms with Crippen molar-refractivity contribution in [2.75, 3.05) is 11.9 Å². The number of nitrogens with zero attached hydrogens (tertiary/aromatic N) is 1. The lowest BCUT2D eigenvalue weighted by Gasteiger charge is -2.14. The normalized spacial score (nSPS) is 15.7. The second-order valence-electron chi connectivity index (χ2n) is 6.75. The summed E-state index contributed by atoms with van der Waals surface area (Å²) in [5, 5.41) is 2.33. The maximum Gasteiger partial charge on any atom is 0.418 e. The molecule has 0 aliphatic carbocycles. The molecule has 0 spiro atoms. The molecule has 2 aromatic rings. The Bertz CT molecular complexity index is 988. The highest BCUT2D eigenvalue weighted by Crippen LogP contribution is 2.35. The average molecular weight is 469 g/mol. The average Bonchev–Trinajstić information content (AvgIpc) is 3.31. The molecular weight excluding hydrogens is 449 g/mol. The van der Waals surface area contributed by atoms with Crippen LogP contribution in [0.3, 0.4) is 0 Å². The van der Waals surface area contributed by atoms with Gasteiger partial charge >= 0.3 is 6.18 Å². The van der Waals surface area contributed by atoms with Gasteiger partial charge in [0.05, 0.1) is 22.4 Å². The molecule has 1 aromatic heterocycles. The van der Waals surface area contributed by atoms with Gasteiger partial charge in [0.25, 0.3) is 5.91 Å². The molecule has 1 saturated heterocycles. The predicted molar refractivity (Wildman–Crippen MR) is 117 cm³/mol. The Morgan fingerprint density at radius 3 is 2.65 bits per heavy atom. The van der Waals surface area contributed by atoms with Crippen LogP contribution in [0.5, 0.6) is 0 Å². The lowest BCUT2D eigenvalue weighted by molar-refractivity contribution is -0.137. The minimum Gasteiger partial charge on any atom is -0.465 e. The maximum atomic E-state index is 13.0. The Morgan fingerprint density at radius 1 is 1.16 bits per heavy atom. The van der Waals surface area contributed by atoms with Gasteiger partial charge in [-0.05, 0) is 37.1 Å². The number of furan rings is 1. The topological polar surface area (TPSA) is 62.6 Å². The highest BCUT2D eigenvalue weighted by Gasteiger charge is 2.33. The van der Waals surface area contributed by atoms with E-state index in [9.17, 15) is 22.8 Å². The van der Waals surface area contributed by atoms with Crippen LogP contribution in [0.15, 0.2) is 52.0 Å². The largest absolute Gasteiger partial charge is 0.465 e. The van der Waals surface area contributed by atoms with Crippen LogP contribution in [0.25, 0.3) is 6.08 Å². The van der Waals surface area contributed by atoms with Gasteiger partial charge in [-0.25, -0.2) is 0 Å². The monoisotopic (exact) mass is 468 g/mol. The highest BCUT2D eigenvalue weighted by atomic mass is 32.2. The molecule has 3 rings (SSSR count). The lowest BCUT2D eigenvalue weighted by atomic mass is 10.1. The third kappa shape index (κ3) is 6.20. The molecule has 1 N–H and O–H groups in total. The van der Waals surface area contributed by atoms with E-state index in [1.165, 1.54) is 41.1 Å². The first-order valence-electron chi connectivity index (χ1n) is 9.50. The predicted octanol–water partition coefficient (Wildman–Crippen LogP) is 5.70. The number of rotatable bonds is 8. The number of benzene rings is 1. The van der Waals surface area contributed by atoms with E-state index >= 15 is 0 Å². The van der Waals surface area contributed by atoms with Crippen molar-refractivity contribution in [3.63, 3.8) is 0 Å². The van der Waals surface area contributed by atoms with Crippen LogP contribution in [0, 0.1) is 0 Å². The number of alkyl halides is 3. The fourth-order valence-electron chi connectivity index (χ4n) is 2.98. The number of thioether (sulfide) groups is 1. The summed E-state index contributed by atoms with van der Waals surface area (Å²) >= 11 is 6.47. The second kappa shape index (κ2) is 10.1. The van der Waals surface area contributed by atoms with E-state index in [1.807, 2.05) is 0 Å². The summed E-state index contributed by atoms with van der Waals surface area (Å²) in [4.78, 5) is 26.5. The van der Waals surface area contributed by atoms with Crippen molar-refractivity contribution in [3.8, 4) is 0 Å². The van der Waals surface area contributed by atoms with Crippen LogP contribution in [-0.2, 0) is 15.8 Å². The summed E-state index contributed by atoms with van der Waals surface area (Å²) in [7, 11) is 0. The Kier molecular flexibility index (Phi) is 7.55. The molecule has 10 heteroatoms. The number of carbonyl (C=O) groups is 2. The van der Waals surface area contributed by atoms with Gasteiger partial charge in [0, 0.05) is 19.0 Å². The van der Waals surface area contributed by atoms with Crippen LogP contribution >= 0.6 is 24.0 Å². The summed E-state index contributed by atoms with van der Waals surface area (Å²) in [5.41, 5.74) is -1.12. The van der Waals surface area contributed by atoms with Gasteiger partial charge in [-0.1, -0.05) is 42.5 Å². The number of unbranched alkanes of at least 4 members (excludes halogenated alkanes) is 2. The fraction of sp³-hybridized carbons (Fsp3) is 0.286. The van der Waals surface area contributed by atoms with Crippen molar-refractivity contribution in [1.29, 1.82) is 0 Å². The first-order valence-corrected chi connectivity index (χ1v) is 10.7. The quantitative estimate of drug-likeness (QED) is 0.306. The van der Waals surface area contributed by atoms with Crippen molar-refractivity contribution >= 4 is 51.9 Å². The third-order valence-electron chi connectivity index (χ3n) is 4.48. The molecule has 164 valence electrons. The number of halogens is 3. The fourth-order valence-corrected chi connectivity index (χ4v) is 4.27. The molecule has 0 saturated carbocycles. The summed E-state index contributed by atoms with van der Waals surface area (Å²) in [6.45, 7) is 0.415. The zero-order valence-corrected chi connectivity index (χ0v) is 17.9. The van der Waals surface area contributed by atoms with Crippen molar-refractivity contribution in [2.45, 2.75) is 31.9 Å². The number of nitrogens with one attached hydrogen (secondary N) is 1. The Hall–Kier alpha value is -2.59. The number of para-hydroxylation sites is 1. The van der Waals surface area contributed by atoms with Crippen molar-refractivity contribution < 1.29 is 27.2 Å². The van der Waals surface area contributed by atoms with Gasteiger partial charge in [-0.15, -0.1) is 0 Å². The van der Waals surface area contributed by atoms with E-state index in [4.69, 9.17) is 16.6 Å². The molecule has 1 aliphatic heterocycles. The Morgan fingerprint density at radius 2 is 1.94 bits per heavy atom. The van der Waals surface area contributed by atoms with Gasteiger partial charge in [-0.3, -0.25) is 14.5 Å². The van der Waals surface area contributed by atoms with Crippen LogP contribution < -0.4 is 5.32 Å². The van der Waals surface area contributed by atoms with Crippen LogP contribution in [-0.4, -0.2) is 27.6 Å². The maximum absolute atomic E-state index is 13.0. The highest BCUT2D eigenvalue weighted by molar-refractivity contribution is 8.26. The molecule has 5 nitrogen and oxygen atoms in total. The first kappa shape index (κ1) is 23.1. The Labute approximate surface area is 186 Å². The summed E-state index contributed by atoms with van der Waals surface area (Å²) in [5.74, 6) is -0.102. The number of anilines is 1. The van der Waals surface area contributed by atoms with Gasteiger partial charge in [0.1, 0.15) is 10.1 Å². The molecular formula is C21H19F3N2O3S2. The molecule has 2 amide bonds. The minimum absolute atomic E-state index is 0.0863. The summed E-state index contributed by atoms with van der Waals surface area (Å²) in [6, 6.07) is 8.34. The SMILES string of the molecule is O=C(CCCCCN1C(=O)/C(=C/c2ccco2)SC1=S)Nc1ccccc1C(F)(F)F. The Balaban J connectivity index is 1.42. The molecule has 0 radical (unpaired) electrons. The molecule has 1 aromatic carbocycles. The van der Waals surface area contributed by atoms with Gasteiger partial charge in [-0.2, -0.15) is 13.2 Å². The van der Waals surface area contributed by atoms with Crippen molar-refractivity contribution in [1.82, 2.24) is 4.90 Å². The van der Waals surface area contributed by atoms with Crippen LogP contribution in [0.1, 0.15) is 37.0 Å². The zero-order chi connectivity index (χ0) is 22.4. The molecule has 0 unspecified atom stereocenters. The van der Waals surface area contributed by atoms with E-state index in [0.29, 0.717) is 40.8 Å². The first-order chi connectivity index (χ1) is 14.8. The number of carbonyl (C=O) groups excluding carboxylic acids is 2. The van der Waals surface area contributed by atoms with E-state index in [0.717, 1.165) is 6.07 Å². The number of hydrogen-bond donors (Lipinski definition) is 1. The van der Waals surface area contributed by atoms with Crippen LogP contribution in [0.2, 0.25) is 0 Å². The van der Waals surface area contributed by atoms with Crippen molar-refractivity contribution in [3.05, 3.63) is 58.9 Å². The standard InChI is InChI=1S/C21H19F3N2O3S2/c22-21(23,24)15-8-3-4-9-16(15)25-18(27)10-2-1-5-11-26-19(28)17(31-20(26)30)13-14-7-6-12-29-14/h3-4,6-9,12-13H,1-2,5,10-11H2,(H,25,27)/b17-13-. The zero-order valence-electron chi connectivity index (χ0n) is 16.3. The molecule has 1 aliphatic rings. The molecule has 31 heavy (non-hydrogen) atoms. The van der Waals surface area contributed by atoms with E-state index in [-0.39, 0.29) is 18.0 Å².